The van der Waals surface area contributed by atoms with Gasteiger partial charge in [-0.3, -0.25) is 9.89 Å². The maximum Gasteiger partial charge on any atom is 0.188 e. The van der Waals surface area contributed by atoms with Crippen LogP contribution in [0.15, 0.2) is 16.4 Å². The van der Waals surface area contributed by atoms with Gasteiger partial charge in [0.2, 0.25) is 0 Å². The lowest BCUT2D eigenvalue weighted by Gasteiger charge is -2.26. The second-order valence-corrected chi connectivity index (χ2v) is 6.77. The Labute approximate surface area is 126 Å². The Kier molecular flexibility index (Phi) is 5.86. The van der Waals surface area contributed by atoms with Crippen molar-refractivity contribution in [1.82, 2.24) is 10.2 Å². The lowest BCUT2D eigenvalue weighted by atomic mass is 10.1. The van der Waals surface area contributed by atoms with Gasteiger partial charge in [-0.15, -0.1) is 11.3 Å². The smallest absolute Gasteiger partial charge is 0.188 e. The third-order valence-electron chi connectivity index (χ3n) is 3.61. The molecule has 0 fully saturated rings. The third kappa shape index (κ3) is 4.80. The van der Waals surface area contributed by atoms with Gasteiger partial charge in [0.15, 0.2) is 5.96 Å². The molecule has 0 atom stereocenters. The van der Waals surface area contributed by atoms with Crippen molar-refractivity contribution in [3.8, 4) is 0 Å². The molecule has 112 valence electrons. The second-order valence-electron chi connectivity index (χ2n) is 5.77. The van der Waals surface area contributed by atoms with Gasteiger partial charge in [-0.2, -0.15) is 0 Å². The molecule has 0 bridgehead atoms. The van der Waals surface area contributed by atoms with Crippen LogP contribution < -0.4 is 11.1 Å². The van der Waals surface area contributed by atoms with E-state index in [1.165, 1.54) is 12.0 Å². The summed E-state index contributed by atoms with van der Waals surface area (Å²) in [5, 5.41) is 5.41. The maximum absolute atomic E-state index is 5.86. The summed E-state index contributed by atoms with van der Waals surface area (Å²) < 4.78 is 0. The van der Waals surface area contributed by atoms with Crippen LogP contribution in [0.25, 0.3) is 0 Å². The molecule has 0 amide bonds. The van der Waals surface area contributed by atoms with Crippen LogP contribution >= 0.6 is 11.3 Å². The SMILES string of the molecule is CC(C)CCN=C(N)NCCN1CCc2sccc2C1. The topological polar surface area (TPSA) is 53.6 Å². The summed E-state index contributed by atoms with van der Waals surface area (Å²) in [4.78, 5) is 8.38. The Morgan fingerprint density at radius 1 is 1.55 bits per heavy atom. The van der Waals surface area contributed by atoms with Crippen molar-refractivity contribution in [3.05, 3.63) is 21.9 Å². The number of aliphatic imine (C=N–C) groups is 1. The molecule has 0 aliphatic carbocycles. The minimum absolute atomic E-state index is 0.582. The quantitative estimate of drug-likeness (QED) is 0.624. The van der Waals surface area contributed by atoms with Crippen molar-refractivity contribution in [3.63, 3.8) is 0 Å². The van der Waals surface area contributed by atoms with E-state index in [4.69, 9.17) is 5.73 Å². The fraction of sp³-hybridized carbons (Fsp3) is 0.667. The van der Waals surface area contributed by atoms with Gasteiger partial charge in [-0.05, 0) is 35.8 Å². The number of hydrogen-bond donors (Lipinski definition) is 2. The largest absolute Gasteiger partial charge is 0.370 e. The van der Waals surface area contributed by atoms with Crippen molar-refractivity contribution in [2.75, 3.05) is 26.2 Å². The molecule has 0 unspecified atom stereocenters. The van der Waals surface area contributed by atoms with Crippen LogP contribution in [-0.2, 0) is 13.0 Å². The molecule has 20 heavy (non-hydrogen) atoms. The highest BCUT2D eigenvalue weighted by Gasteiger charge is 2.16. The van der Waals surface area contributed by atoms with Crippen LogP contribution in [0.3, 0.4) is 0 Å². The van der Waals surface area contributed by atoms with E-state index in [0.717, 1.165) is 39.1 Å². The van der Waals surface area contributed by atoms with E-state index in [0.29, 0.717) is 11.9 Å². The highest BCUT2D eigenvalue weighted by atomic mass is 32.1. The van der Waals surface area contributed by atoms with Gasteiger partial charge in [0.25, 0.3) is 0 Å². The Morgan fingerprint density at radius 3 is 3.20 bits per heavy atom. The number of nitrogens with two attached hydrogens (primary N) is 1. The van der Waals surface area contributed by atoms with Gasteiger partial charge < -0.3 is 11.1 Å². The van der Waals surface area contributed by atoms with E-state index < -0.39 is 0 Å². The minimum atomic E-state index is 0.582. The summed E-state index contributed by atoms with van der Waals surface area (Å²) in [5.41, 5.74) is 7.36. The number of nitrogens with zero attached hydrogens (tertiary/aromatic N) is 2. The van der Waals surface area contributed by atoms with Gasteiger partial charge in [-0.25, -0.2) is 0 Å². The first-order valence-corrected chi connectivity index (χ1v) is 8.34. The molecule has 2 rings (SSSR count). The van der Waals surface area contributed by atoms with E-state index >= 15 is 0 Å². The Bertz CT molecular complexity index is 439. The first-order chi connectivity index (χ1) is 9.65. The lowest BCUT2D eigenvalue weighted by Crippen LogP contribution is -2.40. The van der Waals surface area contributed by atoms with Gasteiger partial charge in [0.1, 0.15) is 0 Å². The number of rotatable bonds is 6. The monoisotopic (exact) mass is 294 g/mol. The molecule has 5 heteroatoms. The summed E-state index contributed by atoms with van der Waals surface area (Å²) in [6.45, 7) is 9.34. The molecule has 0 radical (unpaired) electrons. The molecule has 1 aliphatic heterocycles. The zero-order chi connectivity index (χ0) is 14.4. The predicted molar refractivity (Wildman–Crippen MR) is 87.2 cm³/mol. The molecule has 2 heterocycles. The molecule has 1 aromatic heterocycles. The molecular weight excluding hydrogens is 268 g/mol. The van der Waals surface area contributed by atoms with Crippen LogP contribution in [-0.4, -0.2) is 37.0 Å². The standard InChI is InChI=1S/C15H26N4S/c1-12(2)3-6-17-15(16)18-7-9-19-8-4-14-13(11-19)5-10-20-14/h5,10,12H,3-4,6-9,11H2,1-2H3,(H3,16,17,18). The average Bonchev–Trinajstić information content (AvgIpc) is 2.85. The van der Waals surface area contributed by atoms with Crippen LogP contribution in [0.2, 0.25) is 0 Å². The van der Waals surface area contributed by atoms with Crippen molar-refractivity contribution in [2.24, 2.45) is 16.6 Å². The number of hydrogen-bond acceptors (Lipinski definition) is 3. The average molecular weight is 294 g/mol. The summed E-state index contributed by atoms with van der Waals surface area (Å²) in [5.74, 6) is 1.26. The van der Waals surface area contributed by atoms with E-state index in [2.05, 4.69) is 40.5 Å². The number of thiophene rings is 1. The molecule has 1 aliphatic rings. The van der Waals surface area contributed by atoms with E-state index in [1.54, 1.807) is 4.88 Å². The molecule has 0 aromatic carbocycles. The molecule has 4 nitrogen and oxygen atoms in total. The van der Waals surface area contributed by atoms with Gasteiger partial charge in [-0.1, -0.05) is 13.8 Å². The van der Waals surface area contributed by atoms with Crippen LogP contribution in [0.5, 0.6) is 0 Å². The summed E-state index contributed by atoms with van der Waals surface area (Å²) in [6.07, 6.45) is 2.28. The normalized spacial score (nSPS) is 16.4. The maximum atomic E-state index is 5.86. The zero-order valence-corrected chi connectivity index (χ0v) is 13.4. The summed E-state index contributed by atoms with van der Waals surface area (Å²) >= 11 is 1.89. The Balaban J connectivity index is 1.64. The molecule has 0 saturated carbocycles. The predicted octanol–water partition coefficient (Wildman–Crippen LogP) is 2.06. The van der Waals surface area contributed by atoms with Gasteiger partial charge >= 0.3 is 0 Å². The van der Waals surface area contributed by atoms with Crippen LogP contribution in [0.4, 0.5) is 0 Å². The van der Waals surface area contributed by atoms with Crippen LogP contribution in [0.1, 0.15) is 30.7 Å². The first-order valence-electron chi connectivity index (χ1n) is 7.46. The Morgan fingerprint density at radius 2 is 2.40 bits per heavy atom. The molecule has 1 aromatic rings. The molecule has 3 N–H and O–H groups in total. The van der Waals surface area contributed by atoms with Crippen LogP contribution in [0, 0.1) is 5.92 Å². The van der Waals surface area contributed by atoms with Crippen molar-refractivity contribution < 1.29 is 0 Å². The third-order valence-corrected chi connectivity index (χ3v) is 4.63. The fourth-order valence-electron chi connectivity index (χ4n) is 2.34. The van der Waals surface area contributed by atoms with Crippen molar-refractivity contribution >= 4 is 17.3 Å². The minimum Gasteiger partial charge on any atom is -0.370 e. The Hall–Kier alpha value is -1.07. The van der Waals surface area contributed by atoms with Gasteiger partial charge in [0.05, 0.1) is 0 Å². The van der Waals surface area contributed by atoms with E-state index in [9.17, 15) is 0 Å². The molecule has 0 saturated heterocycles. The molecule has 0 spiro atoms. The highest BCUT2D eigenvalue weighted by molar-refractivity contribution is 7.10. The highest BCUT2D eigenvalue weighted by Crippen LogP contribution is 2.23. The van der Waals surface area contributed by atoms with Crippen molar-refractivity contribution in [1.29, 1.82) is 0 Å². The number of nitrogens with one attached hydrogen (secondary N) is 1. The second kappa shape index (κ2) is 7.64. The lowest BCUT2D eigenvalue weighted by molar-refractivity contribution is 0.260. The fourth-order valence-corrected chi connectivity index (χ4v) is 3.23. The summed E-state index contributed by atoms with van der Waals surface area (Å²) in [6, 6.07) is 2.25. The van der Waals surface area contributed by atoms with E-state index in [-0.39, 0.29) is 0 Å². The summed E-state index contributed by atoms with van der Waals surface area (Å²) in [7, 11) is 0. The van der Waals surface area contributed by atoms with Crippen molar-refractivity contribution in [2.45, 2.75) is 33.2 Å². The number of fused-ring (bicyclic) bond motifs is 1. The van der Waals surface area contributed by atoms with E-state index in [1.807, 2.05) is 11.3 Å². The zero-order valence-electron chi connectivity index (χ0n) is 12.6. The molecular formula is C15H26N4S. The number of guanidine groups is 1. The first kappa shape index (κ1) is 15.3. The van der Waals surface area contributed by atoms with Gasteiger partial charge in [0, 0.05) is 37.6 Å².